The normalized spacial score (nSPS) is 25.8. The van der Waals surface area contributed by atoms with Gasteiger partial charge in [-0.3, -0.25) is 0 Å². The van der Waals surface area contributed by atoms with E-state index in [9.17, 15) is 0 Å². The van der Waals surface area contributed by atoms with Crippen molar-refractivity contribution in [2.24, 2.45) is 5.73 Å². The molecule has 1 aliphatic heterocycles. The van der Waals surface area contributed by atoms with Crippen LogP contribution in [-0.4, -0.2) is 41.8 Å². The number of anilines is 1. The Balaban J connectivity index is 2.14. The van der Waals surface area contributed by atoms with Gasteiger partial charge < -0.3 is 15.4 Å². The highest BCUT2D eigenvalue weighted by molar-refractivity contribution is 5.32. The minimum Gasteiger partial charge on any atom is -0.373 e. The maximum atomic E-state index is 5.62. The quantitative estimate of drug-likeness (QED) is 0.781. The third kappa shape index (κ3) is 2.31. The minimum absolute atomic E-state index is 0.0844. The van der Waals surface area contributed by atoms with Gasteiger partial charge in [-0.1, -0.05) is 0 Å². The number of rotatable bonds is 2. The van der Waals surface area contributed by atoms with E-state index in [2.05, 4.69) is 21.8 Å². The second-order valence-corrected chi connectivity index (χ2v) is 4.25. The second kappa shape index (κ2) is 4.76. The largest absolute Gasteiger partial charge is 0.373 e. The third-order valence-electron chi connectivity index (χ3n) is 2.79. The number of nitrogens with two attached hydrogens (primary N) is 1. The first-order valence-corrected chi connectivity index (χ1v) is 5.57. The number of hydrogen-bond donors (Lipinski definition) is 1. The second-order valence-electron chi connectivity index (χ2n) is 4.25. The van der Waals surface area contributed by atoms with Crippen molar-refractivity contribution in [2.75, 3.05) is 24.6 Å². The molecule has 0 radical (unpaired) electrons. The smallest absolute Gasteiger partial charge is 0.225 e. The average molecular weight is 222 g/mol. The molecule has 0 aliphatic carbocycles. The summed E-state index contributed by atoms with van der Waals surface area (Å²) in [5.41, 5.74) is 6.69. The van der Waals surface area contributed by atoms with Crippen LogP contribution in [0.25, 0.3) is 0 Å². The van der Waals surface area contributed by atoms with Gasteiger partial charge in [0.25, 0.3) is 0 Å². The first-order chi connectivity index (χ1) is 7.70. The lowest BCUT2D eigenvalue weighted by Gasteiger charge is -2.37. The highest BCUT2D eigenvalue weighted by atomic mass is 16.5. The summed E-state index contributed by atoms with van der Waals surface area (Å²) < 4.78 is 5.59. The van der Waals surface area contributed by atoms with E-state index in [1.165, 1.54) is 0 Å². The summed E-state index contributed by atoms with van der Waals surface area (Å²) in [7, 11) is 0. The lowest BCUT2D eigenvalue weighted by atomic mass is 10.2. The van der Waals surface area contributed by atoms with E-state index in [4.69, 9.17) is 10.5 Å². The number of morpholine rings is 1. The van der Waals surface area contributed by atoms with Gasteiger partial charge in [-0.2, -0.15) is 0 Å². The minimum atomic E-state index is 0.0844. The summed E-state index contributed by atoms with van der Waals surface area (Å²) in [6.45, 7) is 6.07. The van der Waals surface area contributed by atoms with Gasteiger partial charge in [0, 0.05) is 25.5 Å². The van der Waals surface area contributed by atoms with Crippen molar-refractivity contribution in [2.45, 2.75) is 26.0 Å². The Kier molecular flexibility index (Phi) is 3.36. The highest BCUT2D eigenvalue weighted by Gasteiger charge is 2.26. The molecule has 5 nitrogen and oxygen atoms in total. The Morgan fingerprint density at radius 1 is 1.50 bits per heavy atom. The molecule has 1 saturated heterocycles. The molecule has 1 fully saturated rings. The average Bonchev–Trinajstić information content (AvgIpc) is 2.31. The molecule has 0 saturated carbocycles. The number of hydrogen-bond acceptors (Lipinski definition) is 5. The van der Waals surface area contributed by atoms with Crippen LogP contribution in [0, 0.1) is 6.92 Å². The molecule has 0 spiro atoms. The monoisotopic (exact) mass is 222 g/mol. The molecule has 5 heteroatoms. The van der Waals surface area contributed by atoms with Gasteiger partial charge in [0.05, 0.1) is 18.8 Å². The Labute approximate surface area is 95.6 Å². The van der Waals surface area contributed by atoms with Gasteiger partial charge in [0.1, 0.15) is 0 Å². The number of ether oxygens (including phenoxy) is 1. The zero-order chi connectivity index (χ0) is 11.5. The van der Waals surface area contributed by atoms with Crippen molar-refractivity contribution in [3.05, 3.63) is 18.0 Å². The predicted octanol–water partition coefficient (Wildman–Crippen LogP) is 0.337. The molecule has 16 heavy (non-hydrogen) atoms. The van der Waals surface area contributed by atoms with Crippen molar-refractivity contribution in [1.29, 1.82) is 0 Å². The van der Waals surface area contributed by atoms with Gasteiger partial charge >= 0.3 is 0 Å². The zero-order valence-corrected chi connectivity index (χ0v) is 9.76. The molecule has 1 aliphatic rings. The molecule has 2 unspecified atom stereocenters. The summed E-state index contributed by atoms with van der Waals surface area (Å²) in [4.78, 5) is 10.8. The first kappa shape index (κ1) is 11.3. The van der Waals surface area contributed by atoms with Crippen LogP contribution in [0.2, 0.25) is 0 Å². The van der Waals surface area contributed by atoms with Gasteiger partial charge in [-0.25, -0.2) is 9.97 Å². The summed E-state index contributed by atoms with van der Waals surface area (Å²) >= 11 is 0. The van der Waals surface area contributed by atoms with E-state index >= 15 is 0 Å². The fraction of sp³-hybridized carbons (Fsp3) is 0.636. The Morgan fingerprint density at radius 3 is 2.81 bits per heavy atom. The number of aryl methyl sites for hydroxylation is 1. The van der Waals surface area contributed by atoms with Crippen LogP contribution >= 0.6 is 0 Å². The SMILES string of the molecule is Cc1cnc(N2CC(CN)OCC2C)nc1. The molecule has 0 bridgehead atoms. The molecule has 2 N–H and O–H groups in total. The highest BCUT2D eigenvalue weighted by Crippen LogP contribution is 2.17. The predicted molar refractivity (Wildman–Crippen MR) is 62.4 cm³/mol. The van der Waals surface area contributed by atoms with E-state index < -0.39 is 0 Å². The van der Waals surface area contributed by atoms with Crippen LogP contribution in [0.15, 0.2) is 12.4 Å². The summed E-state index contributed by atoms with van der Waals surface area (Å²) in [6.07, 6.45) is 3.75. The fourth-order valence-corrected chi connectivity index (χ4v) is 1.77. The Hall–Kier alpha value is -1.20. The third-order valence-corrected chi connectivity index (χ3v) is 2.79. The van der Waals surface area contributed by atoms with Gasteiger partial charge in [0.15, 0.2) is 0 Å². The zero-order valence-electron chi connectivity index (χ0n) is 9.76. The maximum absolute atomic E-state index is 5.62. The molecule has 2 atom stereocenters. The fourth-order valence-electron chi connectivity index (χ4n) is 1.77. The summed E-state index contributed by atoms with van der Waals surface area (Å²) in [5.74, 6) is 0.764. The summed E-state index contributed by atoms with van der Waals surface area (Å²) in [5, 5.41) is 0. The van der Waals surface area contributed by atoms with Crippen molar-refractivity contribution in [3.8, 4) is 0 Å². The standard InChI is InChI=1S/C11H18N4O/c1-8-4-13-11(14-5-8)15-6-10(3-12)16-7-9(15)2/h4-5,9-10H,3,6-7,12H2,1-2H3. The lowest BCUT2D eigenvalue weighted by molar-refractivity contribution is 0.0276. The molecule has 2 heterocycles. The molecule has 2 rings (SSSR count). The summed E-state index contributed by atoms with van der Waals surface area (Å²) in [6, 6.07) is 0.297. The van der Waals surface area contributed by atoms with E-state index in [1.54, 1.807) is 0 Å². The Bertz CT molecular complexity index is 340. The van der Waals surface area contributed by atoms with Crippen molar-refractivity contribution in [3.63, 3.8) is 0 Å². The first-order valence-electron chi connectivity index (χ1n) is 5.57. The van der Waals surface area contributed by atoms with Crippen molar-refractivity contribution in [1.82, 2.24) is 9.97 Å². The van der Waals surface area contributed by atoms with E-state index in [1.807, 2.05) is 19.3 Å². The molecule has 1 aromatic heterocycles. The van der Waals surface area contributed by atoms with Crippen molar-refractivity contribution >= 4 is 5.95 Å². The molecule has 0 amide bonds. The van der Waals surface area contributed by atoms with Crippen molar-refractivity contribution < 1.29 is 4.74 Å². The van der Waals surface area contributed by atoms with Crippen LogP contribution in [0.5, 0.6) is 0 Å². The van der Waals surface area contributed by atoms with Gasteiger partial charge in [-0.05, 0) is 19.4 Å². The number of nitrogens with zero attached hydrogens (tertiary/aromatic N) is 3. The maximum Gasteiger partial charge on any atom is 0.225 e. The van der Waals surface area contributed by atoms with Crippen LogP contribution in [0.4, 0.5) is 5.95 Å². The van der Waals surface area contributed by atoms with Crippen LogP contribution in [0.1, 0.15) is 12.5 Å². The molecule has 88 valence electrons. The van der Waals surface area contributed by atoms with Crippen LogP contribution < -0.4 is 10.6 Å². The number of aromatic nitrogens is 2. The molecular weight excluding hydrogens is 204 g/mol. The van der Waals surface area contributed by atoms with Gasteiger partial charge in [0.2, 0.25) is 5.95 Å². The molecular formula is C11H18N4O. The van der Waals surface area contributed by atoms with E-state index in [-0.39, 0.29) is 6.10 Å². The molecule has 0 aromatic carbocycles. The van der Waals surface area contributed by atoms with E-state index in [0.717, 1.165) is 18.1 Å². The Morgan fingerprint density at radius 2 is 2.19 bits per heavy atom. The lowest BCUT2D eigenvalue weighted by Crippen LogP contribution is -2.51. The van der Waals surface area contributed by atoms with Crippen LogP contribution in [-0.2, 0) is 4.74 Å². The topological polar surface area (TPSA) is 64.3 Å². The van der Waals surface area contributed by atoms with E-state index in [0.29, 0.717) is 19.2 Å². The van der Waals surface area contributed by atoms with Gasteiger partial charge in [-0.15, -0.1) is 0 Å². The molecule has 1 aromatic rings. The van der Waals surface area contributed by atoms with Crippen LogP contribution in [0.3, 0.4) is 0 Å².